The van der Waals surface area contributed by atoms with Crippen LogP contribution in [0, 0.1) is 29.6 Å². The van der Waals surface area contributed by atoms with Gasteiger partial charge in [-0.1, -0.05) is 0 Å². The summed E-state index contributed by atoms with van der Waals surface area (Å²) in [5, 5.41) is 32.5. The van der Waals surface area contributed by atoms with E-state index in [0.717, 1.165) is 144 Å². The Morgan fingerprint density at radius 3 is 1.12 bits per heavy atom. The molecule has 8 N–H and O–H groups in total. The van der Waals surface area contributed by atoms with Crippen molar-refractivity contribution in [2.24, 2.45) is 35.3 Å². The smallest absolute Gasteiger partial charge is 0.531 e. The highest BCUT2D eigenvalue weighted by molar-refractivity contribution is 8.14. The molecule has 9 aliphatic rings. The van der Waals surface area contributed by atoms with E-state index < -0.39 is 50.1 Å². The third-order valence-corrected chi connectivity index (χ3v) is 23.0. The van der Waals surface area contributed by atoms with Crippen molar-refractivity contribution in [2.45, 2.75) is 98.8 Å². The van der Waals surface area contributed by atoms with Crippen molar-refractivity contribution in [1.82, 2.24) is 29.9 Å². The lowest BCUT2D eigenvalue weighted by Crippen LogP contribution is -2.38. The molecule has 15 rings (SSSR count). The molecule has 0 unspecified atom stereocenters. The normalized spacial score (nSPS) is 25.5. The number of fused-ring (bicyclic) bond motifs is 9. The predicted octanol–water partition coefficient (Wildman–Crippen LogP) is 5.74. The first-order valence-electron chi connectivity index (χ1n) is 26.1. The van der Waals surface area contributed by atoms with Crippen LogP contribution in [0.3, 0.4) is 0 Å². The molecule has 6 aromatic heterocycles. The third-order valence-electron chi connectivity index (χ3n) is 16.1. The van der Waals surface area contributed by atoms with Gasteiger partial charge in [-0.2, -0.15) is 0 Å². The molecule has 0 spiro atoms. The second-order valence-corrected chi connectivity index (χ2v) is 29.4. The number of nitrogens with zero attached hydrogens (tertiary/aromatic N) is 3. The molecule has 0 aromatic carbocycles. The van der Waals surface area contributed by atoms with Crippen LogP contribution in [0.15, 0.2) is 73.3 Å². The van der Waals surface area contributed by atoms with Crippen LogP contribution >= 0.6 is 10.7 Å². The Morgan fingerprint density at radius 1 is 0.526 bits per heavy atom. The molecule has 398 valence electrons. The number of sulfone groups is 2. The maximum atomic E-state index is 12.2. The van der Waals surface area contributed by atoms with Crippen molar-refractivity contribution in [3.8, 4) is 17.2 Å². The van der Waals surface area contributed by atoms with Gasteiger partial charge in [-0.15, -0.1) is 0 Å². The van der Waals surface area contributed by atoms with Gasteiger partial charge >= 0.3 is 21.4 Å². The zero-order chi connectivity index (χ0) is 52.8. The molecule has 9 heterocycles. The highest BCUT2D eigenvalue weighted by Crippen LogP contribution is 2.51. The van der Waals surface area contributed by atoms with Gasteiger partial charge in [0.15, 0.2) is 19.7 Å². The van der Waals surface area contributed by atoms with Crippen LogP contribution in [-0.2, 0) is 28.7 Å². The number of rotatable bonds is 10. The fourth-order valence-corrected chi connectivity index (χ4v) is 17.0. The van der Waals surface area contributed by atoms with Gasteiger partial charge in [0.05, 0.1) is 45.8 Å². The Bertz CT molecular complexity index is 3510. The zero-order valence-corrected chi connectivity index (χ0v) is 44.5. The van der Waals surface area contributed by atoms with Gasteiger partial charge in [-0.25, -0.2) is 40.2 Å². The lowest BCUT2D eigenvalue weighted by molar-refractivity contribution is 0.272. The Kier molecular flexibility index (Phi) is 13.5. The van der Waals surface area contributed by atoms with Crippen LogP contribution < -0.4 is 19.7 Å². The number of allylic oxidation sites excluding steroid dienone is 3. The summed E-state index contributed by atoms with van der Waals surface area (Å²) in [6.45, 7) is 0. The monoisotopic (exact) mass is 1110 g/mol. The lowest BCUT2D eigenvalue weighted by atomic mass is 9.66. The van der Waals surface area contributed by atoms with Crippen LogP contribution in [0.1, 0.15) is 93.7 Å². The molecule has 0 radical (unpaired) electrons. The maximum absolute atomic E-state index is 12.2. The second kappa shape index (κ2) is 20.0. The Hall–Kier alpha value is -5.14. The van der Waals surface area contributed by atoms with E-state index in [-0.39, 0.29) is 45.5 Å². The number of pyridine rings is 3. The fraction of sp³-hybridized carbons (Fsp3) is 0.460. The first-order valence-corrected chi connectivity index (χ1v) is 31.9. The summed E-state index contributed by atoms with van der Waals surface area (Å²) in [7, 11) is -6.91. The van der Waals surface area contributed by atoms with E-state index in [4.69, 9.17) is 30.4 Å². The van der Waals surface area contributed by atoms with Crippen LogP contribution in [0.25, 0.3) is 49.8 Å². The zero-order valence-electron chi connectivity index (χ0n) is 41.3. The fourth-order valence-electron chi connectivity index (χ4n) is 11.7. The van der Waals surface area contributed by atoms with Gasteiger partial charge in [0.2, 0.25) is 9.05 Å². The van der Waals surface area contributed by atoms with E-state index in [9.17, 15) is 40.3 Å². The Labute approximate surface area is 445 Å². The molecule has 0 amide bonds. The molecule has 76 heavy (non-hydrogen) atoms. The minimum Gasteiger partial charge on any atom is -0.531 e. The highest BCUT2D eigenvalue weighted by atomic mass is 35.7. The van der Waals surface area contributed by atoms with E-state index in [2.05, 4.69) is 29.9 Å². The summed E-state index contributed by atoms with van der Waals surface area (Å²) in [6, 6.07) is 6.19. The standard InChI is InChI=1S/2C17H19BN2O4S.C13H14BN3O2.C3H5ClO2S/c2*21-18-7-14(11-5-10(6-11)9-25(22,23)12-1-2-12)16-13-3-4-19-17(13)20-8-15(16)24-18;15-8-3-7(4-8)10-5-14(18)19-11-6-17-13-9(12(10)11)1-2-16-13;4-7(5,6)3-1-2-3/h2*3-4,7-8,10-12,21H,1-2,5-6,9H2,(H,19,20);1-2,5-8,18H,3-4,15H2,(H,16,17);3H,1-2H2. The van der Waals surface area contributed by atoms with Gasteiger partial charge in [0.25, 0.3) is 0 Å². The van der Waals surface area contributed by atoms with E-state index in [0.29, 0.717) is 34.7 Å². The number of halogens is 1. The van der Waals surface area contributed by atoms with Gasteiger partial charge in [0.1, 0.15) is 34.2 Å². The van der Waals surface area contributed by atoms with Crippen LogP contribution in [0.2, 0.25) is 0 Å². The minimum absolute atomic E-state index is 0.0815. The molecule has 6 aliphatic carbocycles. The van der Waals surface area contributed by atoms with E-state index in [1.165, 1.54) is 0 Å². The highest BCUT2D eigenvalue weighted by Gasteiger charge is 2.45. The molecule has 19 nitrogen and oxygen atoms in total. The molecular weight excluding hydrogens is 1050 g/mol. The van der Waals surface area contributed by atoms with Crippen molar-refractivity contribution in [2.75, 3.05) is 11.5 Å². The van der Waals surface area contributed by atoms with Gasteiger partial charge in [-0.05, 0) is 159 Å². The number of nitrogens with two attached hydrogens (primary N) is 1. The molecule has 26 heteroatoms. The first kappa shape index (κ1) is 51.6. The first-order chi connectivity index (χ1) is 36.3. The number of nitrogens with one attached hydrogen (secondary N) is 3. The van der Waals surface area contributed by atoms with E-state index in [1.54, 1.807) is 36.5 Å². The summed E-state index contributed by atoms with van der Waals surface area (Å²) in [5.41, 5.74) is 14.6. The quantitative estimate of drug-likeness (QED) is 0.0636. The molecule has 0 bridgehead atoms. The average molecular weight is 1110 g/mol. The molecule has 6 aromatic rings. The second-order valence-electron chi connectivity index (χ2n) is 21.8. The summed E-state index contributed by atoms with van der Waals surface area (Å²) >= 11 is 0. The van der Waals surface area contributed by atoms with Gasteiger partial charge < -0.3 is 49.7 Å². The summed E-state index contributed by atoms with van der Waals surface area (Å²) in [5.74, 6) is 9.14. The number of aromatic amines is 3. The summed E-state index contributed by atoms with van der Waals surface area (Å²) < 4.78 is 85.5. The van der Waals surface area contributed by atoms with E-state index >= 15 is 0 Å². The minimum atomic E-state index is -3.16. The predicted molar refractivity (Wildman–Crippen MR) is 293 cm³/mol. The molecular formula is C50H57B3ClN7O12S3. The molecule has 3 aliphatic heterocycles. The lowest BCUT2D eigenvalue weighted by Gasteiger charge is -2.38. The van der Waals surface area contributed by atoms with Crippen LogP contribution in [-0.4, -0.2) is 125 Å². The number of hydrogen-bond acceptors (Lipinski definition) is 16. The number of aromatic nitrogens is 6. The van der Waals surface area contributed by atoms with Gasteiger partial charge in [-0.3, -0.25) is 0 Å². The largest absolute Gasteiger partial charge is 0.552 e. The van der Waals surface area contributed by atoms with Crippen LogP contribution in [0.4, 0.5) is 0 Å². The molecule has 0 atom stereocenters. The SMILES string of the molecule is NC1CC(C2=CB(O)Oc3cnc4[nH]ccc4c32)C1.O=S(=O)(CC1CC(C2=CB(O)Oc3cnc4[nH]ccc4c32)C1)C1CC1.O=S(=O)(CC1CC(C2=CB(O)Oc3cnc4[nH]ccc4c32)C1)C1CC1.O=S(=O)(Cl)C1CC1. The van der Waals surface area contributed by atoms with Crippen LogP contribution in [0.5, 0.6) is 17.2 Å². The van der Waals surface area contributed by atoms with Crippen molar-refractivity contribution >= 4 is 111 Å². The van der Waals surface area contributed by atoms with Gasteiger partial charge in [0, 0.05) is 68.2 Å². The third kappa shape index (κ3) is 10.6. The van der Waals surface area contributed by atoms with E-state index in [1.807, 2.05) is 36.8 Å². The molecule has 0 saturated heterocycles. The Morgan fingerprint density at radius 2 is 0.842 bits per heavy atom. The summed E-state index contributed by atoms with van der Waals surface area (Å²) in [6.07, 6.45) is 20.6. The number of H-pyrrole nitrogens is 3. The van der Waals surface area contributed by atoms with Crippen molar-refractivity contribution in [3.63, 3.8) is 0 Å². The molecule has 6 fully saturated rings. The van der Waals surface area contributed by atoms with Crippen molar-refractivity contribution in [1.29, 1.82) is 0 Å². The van der Waals surface area contributed by atoms with Crippen molar-refractivity contribution < 1.29 is 54.3 Å². The Balaban J connectivity index is 0.000000109. The summed E-state index contributed by atoms with van der Waals surface area (Å²) in [4.78, 5) is 22.2. The topological polar surface area (TPSA) is 303 Å². The maximum Gasteiger partial charge on any atom is 0.552 e. The molecule has 6 saturated carbocycles. The number of hydrogen-bond donors (Lipinski definition) is 7. The average Bonchev–Trinajstić information content (AvgIpc) is 4.29. The van der Waals surface area contributed by atoms with Crippen molar-refractivity contribution in [3.05, 3.63) is 90.0 Å².